The maximum atomic E-state index is 11.9. The number of benzene rings is 1. The van der Waals surface area contributed by atoms with Crippen LogP contribution < -0.4 is 10.1 Å². The minimum atomic E-state index is -0.486. The number of aromatic nitrogens is 1. The van der Waals surface area contributed by atoms with E-state index >= 15 is 0 Å². The Morgan fingerprint density at radius 1 is 1.15 bits per heavy atom. The van der Waals surface area contributed by atoms with Crippen LogP contribution in [0.15, 0.2) is 47.2 Å². The summed E-state index contributed by atoms with van der Waals surface area (Å²) < 4.78 is 10.4. The summed E-state index contributed by atoms with van der Waals surface area (Å²) in [7, 11) is 0. The third-order valence-corrected chi connectivity index (χ3v) is 5.35. The average molecular weight is 402 g/mol. The van der Waals surface area contributed by atoms with Crippen molar-refractivity contribution in [1.82, 2.24) is 4.98 Å². The van der Waals surface area contributed by atoms with Crippen molar-refractivity contribution in [2.45, 2.75) is 13.3 Å². The molecular formula is C19H18N2O4S2. The molecule has 0 aliphatic rings. The molecule has 3 aromatic rings. The summed E-state index contributed by atoms with van der Waals surface area (Å²) in [6, 6.07) is 10.9. The maximum absolute atomic E-state index is 11.9. The van der Waals surface area contributed by atoms with Gasteiger partial charge in [0.05, 0.1) is 23.6 Å². The van der Waals surface area contributed by atoms with E-state index in [2.05, 4.69) is 10.3 Å². The Kier molecular flexibility index (Phi) is 6.56. The molecule has 0 unspecified atom stereocenters. The third kappa shape index (κ3) is 5.63. The van der Waals surface area contributed by atoms with Crippen LogP contribution >= 0.6 is 22.7 Å². The lowest BCUT2D eigenvalue weighted by atomic mass is 10.3. The van der Waals surface area contributed by atoms with E-state index < -0.39 is 11.9 Å². The van der Waals surface area contributed by atoms with Gasteiger partial charge >= 0.3 is 5.97 Å². The lowest BCUT2D eigenvalue weighted by Gasteiger charge is -2.07. The number of rotatable bonds is 8. The van der Waals surface area contributed by atoms with Crippen molar-refractivity contribution >= 4 is 40.2 Å². The van der Waals surface area contributed by atoms with Crippen molar-refractivity contribution in [2.24, 2.45) is 0 Å². The molecule has 0 saturated carbocycles. The Morgan fingerprint density at radius 3 is 2.67 bits per heavy atom. The smallest absolute Gasteiger partial charge is 0.312 e. The second-order valence-corrected chi connectivity index (χ2v) is 7.27. The van der Waals surface area contributed by atoms with E-state index in [0.29, 0.717) is 18.0 Å². The molecule has 0 radical (unpaired) electrons. The summed E-state index contributed by atoms with van der Waals surface area (Å²) in [6.07, 6.45) is 0.0399. The van der Waals surface area contributed by atoms with Crippen molar-refractivity contribution < 1.29 is 19.1 Å². The predicted octanol–water partition coefficient (Wildman–Crippen LogP) is 3.99. The van der Waals surface area contributed by atoms with Gasteiger partial charge in [-0.15, -0.1) is 22.7 Å². The zero-order chi connectivity index (χ0) is 19.1. The SMILES string of the molecule is CCOc1ccc(NC(=O)COC(=O)Cc2csc(-c3cccs3)n2)cc1. The summed E-state index contributed by atoms with van der Waals surface area (Å²) in [6.45, 7) is 2.14. The van der Waals surface area contributed by atoms with E-state index in [-0.39, 0.29) is 13.0 Å². The fourth-order valence-electron chi connectivity index (χ4n) is 2.24. The zero-order valence-corrected chi connectivity index (χ0v) is 16.3. The van der Waals surface area contributed by atoms with E-state index in [9.17, 15) is 9.59 Å². The number of carbonyl (C=O) groups excluding carboxylic acids is 2. The Morgan fingerprint density at radius 2 is 1.96 bits per heavy atom. The fourth-order valence-corrected chi connectivity index (χ4v) is 3.88. The average Bonchev–Trinajstić information content (AvgIpc) is 3.33. The number of carbonyl (C=O) groups is 2. The lowest BCUT2D eigenvalue weighted by molar-refractivity contribution is -0.146. The van der Waals surface area contributed by atoms with Gasteiger partial charge < -0.3 is 14.8 Å². The van der Waals surface area contributed by atoms with Gasteiger partial charge in [-0.3, -0.25) is 9.59 Å². The van der Waals surface area contributed by atoms with Gasteiger partial charge in [-0.1, -0.05) is 6.07 Å². The number of amides is 1. The summed E-state index contributed by atoms with van der Waals surface area (Å²) in [4.78, 5) is 29.3. The summed E-state index contributed by atoms with van der Waals surface area (Å²) in [5.74, 6) is -0.156. The Balaban J connectivity index is 1.44. The molecule has 0 bridgehead atoms. The van der Waals surface area contributed by atoms with Crippen molar-refractivity contribution in [3.63, 3.8) is 0 Å². The Bertz CT molecular complexity index is 889. The quantitative estimate of drug-likeness (QED) is 0.577. The lowest BCUT2D eigenvalue weighted by Crippen LogP contribution is -2.21. The topological polar surface area (TPSA) is 77.5 Å². The molecule has 0 saturated heterocycles. The number of nitrogens with zero attached hydrogens (tertiary/aromatic N) is 1. The van der Waals surface area contributed by atoms with Crippen LogP contribution in [0.4, 0.5) is 5.69 Å². The second-order valence-electron chi connectivity index (χ2n) is 5.46. The summed E-state index contributed by atoms with van der Waals surface area (Å²) in [5.41, 5.74) is 1.25. The molecule has 8 heteroatoms. The molecule has 2 aromatic heterocycles. The normalized spacial score (nSPS) is 10.4. The zero-order valence-electron chi connectivity index (χ0n) is 14.6. The van der Waals surface area contributed by atoms with Crippen LogP contribution in [0.2, 0.25) is 0 Å². The molecule has 140 valence electrons. The molecule has 1 aromatic carbocycles. The van der Waals surface area contributed by atoms with Crippen LogP contribution in [-0.4, -0.2) is 30.1 Å². The molecule has 0 spiro atoms. The molecule has 0 aliphatic heterocycles. The number of thiophene rings is 1. The van der Waals surface area contributed by atoms with Gasteiger partial charge in [0.1, 0.15) is 10.8 Å². The first-order valence-corrected chi connectivity index (χ1v) is 10.1. The van der Waals surface area contributed by atoms with E-state index in [1.807, 2.05) is 29.8 Å². The number of nitrogens with one attached hydrogen (secondary N) is 1. The Labute approximate surface area is 164 Å². The van der Waals surface area contributed by atoms with Crippen molar-refractivity contribution in [3.8, 4) is 15.6 Å². The highest BCUT2D eigenvalue weighted by molar-refractivity contribution is 7.20. The van der Waals surface area contributed by atoms with Crippen LogP contribution in [0.1, 0.15) is 12.6 Å². The van der Waals surface area contributed by atoms with Gasteiger partial charge in [-0.25, -0.2) is 4.98 Å². The van der Waals surface area contributed by atoms with Crippen molar-refractivity contribution in [2.75, 3.05) is 18.5 Å². The second kappa shape index (κ2) is 9.29. The third-order valence-electron chi connectivity index (χ3n) is 3.42. The van der Waals surface area contributed by atoms with Gasteiger partial charge in [0.2, 0.25) is 0 Å². The number of anilines is 1. The van der Waals surface area contributed by atoms with E-state index in [4.69, 9.17) is 9.47 Å². The minimum absolute atomic E-state index is 0.0399. The highest BCUT2D eigenvalue weighted by Crippen LogP contribution is 2.27. The van der Waals surface area contributed by atoms with Gasteiger partial charge in [0.15, 0.2) is 6.61 Å². The standard InChI is InChI=1S/C19H18N2O4S2/c1-2-24-15-7-5-13(6-8-15)20-17(22)11-25-18(23)10-14-12-27-19(21-14)16-4-3-9-26-16/h3-9,12H,2,10-11H2,1H3,(H,20,22). The number of ether oxygens (including phenoxy) is 2. The van der Waals surface area contributed by atoms with Crippen molar-refractivity contribution in [1.29, 1.82) is 0 Å². The van der Waals surface area contributed by atoms with Crippen molar-refractivity contribution in [3.05, 3.63) is 52.9 Å². The first-order valence-electron chi connectivity index (χ1n) is 8.30. The maximum Gasteiger partial charge on any atom is 0.312 e. The monoisotopic (exact) mass is 402 g/mol. The molecule has 2 heterocycles. The number of esters is 1. The first kappa shape index (κ1) is 19.1. The fraction of sp³-hybridized carbons (Fsp3) is 0.211. The largest absolute Gasteiger partial charge is 0.494 e. The number of hydrogen-bond acceptors (Lipinski definition) is 7. The molecule has 1 amide bonds. The molecule has 3 rings (SSSR count). The van der Waals surface area contributed by atoms with Crippen LogP contribution in [0, 0.1) is 0 Å². The highest BCUT2D eigenvalue weighted by Gasteiger charge is 2.12. The highest BCUT2D eigenvalue weighted by atomic mass is 32.1. The number of thiazole rings is 1. The molecule has 6 nitrogen and oxygen atoms in total. The van der Waals surface area contributed by atoms with Gasteiger partial charge in [-0.2, -0.15) is 0 Å². The molecule has 1 N–H and O–H groups in total. The van der Waals surface area contributed by atoms with Gasteiger partial charge in [0.25, 0.3) is 5.91 Å². The van der Waals surface area contributed by atoms with E-state index in [0.717, 1.165) is 15.6 Å². The first-order chi connectivity index (χ1) is 13.1. The van der Waals surface area contributed by atoms with E-state index in [1.165, 1.54) is 11.3 Å². The van der Waals surface area contributed by atoms with Gasteiger partial charge in [-0.05, 0) is 42.6 Å². The van der Waals surface area contributed by atoms with Crippen LogP contribution in [0.25, 0.3) is 9.88 Å². The molecule has 27 heavy (non-hydrogen) atoms. The van der Waals surface area contributed by atoms with E-state index in [1.54, 1.807) is 35.6 Å². The predicted molar refractivity (Wildman–Crippen MR) is 106 cm³/mol. The van der Waals surface area contributed by atoms with Crippen LogP contribution in [-0.2, 0) is 20.7 Å². The van der Waals surface area contributed by atoms with Crippen LogP contribution in [0.5, 0.6) is 5.75 Å². The Hall–Kier alpha value is -2.71. The molecule has 0 aliphatic carbocycles. The summed E-state index contributed by atoms with van der Waals surface area (Å²) in [5, 5.41) is 7.35. The number of hydrogen-bond donors (Lipinski definition) is 1. The molecule has 0 atom stereocenters. The minimum Gasteiger partial charge on any atom is -0.494 e. The van der Waals surface area contributed by atoms with Gasteiger partial charge in [0, 0.05) is 11.1 Å². The molecular weight excluding hydrogens is 384 g/mol. The summed E-state index contributed by atoms with van der Waals surface area (Å²) >= 11 is 3.08. The van der Waals surface area contributed by atoms with Crippen LogP contribution in [0.3, 0.4) is 0 Å². The molecule has 0 fully saturated rings.